The number of aldehydes is 1. The molecule has 7 nitrogen and oxygen atoms in total. The van der Waals surface area contributed by atoms with Crippen molar-refractivity contribution in [2.24, 2.45) is 34.5 Å². The number of carbonyl (C=O) groups excluding carboxylic acids is 4. The average Bonchev–Trinajstić information content (AvgIpc) is 3.33. The van der Waals surface area contributed by atoms with Gasteiger partial charge in [0.15, 0.2) is 5.78 Å². The Balaban J connectivity index is 1.32. The highest BCUT2D eigenvalue weighted by Gasteiger charge is 2.60. The first kappa shape index (κ1) is 28.3. The summed E-state index contributed by atoms with van der Waals surface area (Å²) in [6.07, 6.45) is 15.1. The van der Waals surface area contributed by atoms with E-state index in [9.17, 15) is 19.2 Å². The van der Waals surface area contributed by atoms with Gasteiger partial charge in [0, 0.05) is 24.4 Å². The predicted molar refractivity (Wildman–Crippen MR) is 154 cm³/mol. The molecule has 4 aliphatic rings. The van der Waals surface area contributed by atoms with Gasteiger partial charge in [0.25, 0.3) is 0 Å². The first-order valence-corrected chi connectivity index (χ1v) is 14.9. The molecule has 4 aliphatic carbocycles. The molecule has 0 spiro atoms. The molecule has 0 heterocycles. The molecule has 1 aromatic rings. The zero-order valence-electron chi connectivity index (χ0n) is 24.0. The van der Waals surface area contributed by atoms with E-state index in [2.05, 4.69) is 29.9 Å². The van der Waals surface area contributed by atoms with Crippen molar-refractivity contribution in [3.05, 3.63) is 53.1 Å². The number of ketones is 2. The van der Waals surface area contributed by atoms with Crippen LogP contribution in [0.5, 0.6) is 0 Å². The van der Waals surface area contributed by atoms with Gasteiger partial charge in [-0.05, 0) is 123 Å². The summed E-state index contributed by atoms with van der Waals surface area (Å²) < 4.78 is 0. The Morgan fingerprint density at radius 1 is 1.15 bits per heavy atom. The van der Waals surface area contributed by atoms with Crippen LogP contribution in [0.15, 0.2) is 42.0 Å². The average molecular weight is 547 g/mol. The Morgan fingerprint density at radius 3 is 2.73 bits per heavy atom. The third-order valence-electron chi connectivity index (χ3n) is 10.7. The fraction of sp³-hybridized carbons (Fsp3) is 0.576. The van der Waals surface area contributed by atoms with Crippen molar-refractivity contribution in [2.45, 2.75) is 78.6 Å². The minimum atomic E-state index is -0.578. The van der Waals surface area contributed by atoms with Gasteiger partial charge in [-0.15, -0.1) is 0 Å². The number of aryl methyl sites for hydroxylation is 1. The number of nitrogens with one attached hydrogen (secondary N) is 2. The normalized spacial score (nSPS) is 32.3. The summed E-state index contributed by atoms with van der Waals surface area (Å²) in [4.78, 5) is 53.6. The highest BCUT2D eigenvalue weighted by molar-refractivity contribution is 5.92. The second-order valence-electron chi connectivity index (χ2n) is 12.6. The zero-order valence-corrected chi connectivity index (χ0v) is 24.0. The number of hydrogen-bond acceptors (Lipinski definition) is 6. The van der Waals surface area contributed by atoms with Gasteiger partial charge >= 0.3 is 6.09 Å². The number of amides is 1. The van der Waals surface area contributed by atoms with Crippen LogP contribution in [0, 0.1) is 34.5 Å². The van der Waals surface area contributed by atoms with E-state index >= 15 is 0 Å². The summed E-state index contributed by atoms with van der Waals surface area (Å²) in [5.74, 6) is 2.07. The molecule has 2 fully saturated rings. The number of benzene rings is 1. The van der Waals surface area contributed by atoms with Crippen LogP contribution in [0.2, 0.25) is 0 Å². The molecule has 214 valence electrons. The van der Waals surface area contributed by atoms with Gasteiger partial charge in [-0.25, -0.2) is 10.3 Å². The first-order valence-electron chi connectivity index (χ1n) is 14.9. The van der Waals surface area contributed by atoms with E-state index in [0.717, 1.165) is 63.2 Å². The Labute approximate surface area is 237 Å². The molecule has 0 radical (unpaired) electrons. The minimum Gasteiger partial charge on any atom is -0.324 e. The molecule has 0 unspecified atom stereocenters. The first-order chi connectivity index (χ1) is 19.2. The van der Waals surface area contributed by atoms with E-state index < -0.39 is 6.09 Å². The molecule has 7 heteroatoms. The van der Waals surface area contributed by atoms with Gasteiger partial charge < -0.3 is 10.2 Å². The van der Waals surface area contributed by atoms with E-state index in [0.29, 0.717) is 47.8 Å². The molecule has 1 aromatic carbocycles. The Bertz CT molecular complexity index is 1250. The summed E-state index contributed by atoms with van der Waals surface area (Å²) >= 11 is 0. The van der Waals surface area contributed by atoms with Crippen molar-refractivity contribution in [1.29, 1.82) is 0 Å². The summed E-state index contributed by atoms with van der Waals surface area (Å²) in [6.45, 7) is 6.39. The van der Waals surface area contributed by atoms with Crippen molar-refractivity contribution in [1.82, 2.24) is 5.32 Å². The molecule has 0 bridgehead atoms. The Hall–Kier alpha value is -3.22. The van der Waals surface area contributed by atoms with Gasteiger partial charge in [0.05, 0.1) is 5.69 Å². The van der Waals surface area contributed by atoms with Crippen LogP contribution >= 0.6 is 0 Å². The van der Waals surface area contributed by atoms with Crippen LogP contribution in [0.4, 0.5) is 10.5 Å². The van der Waals surface area contributed by atoms with Crippen molar-refractivity contribution in [3.8, 4) is 0 Å². The van der Waals surface area contributed by atoms with Crippen LogP contribution in [0.25, 0.3) is 0 Å². The fourth-order valence-corrected chi connectivity index (χ4v) is 8.80. The predicted octanol–water partition coefficient (Wildman–Crippen LogP) is 6.39. The third kappa shape index (κ3) is 5.04. The molecular weight excluding hydrogens is 504 g/mol. The van der Waals surface area contributed by atoms with Gasteiger partial charge in [0.2, 0.25) is 0 Å². The fourth-order valence-electron chi connectivity index (χ4n) is 8.80. The SMILES string of the molecule is CCNC(=O)ONc1ccc(CCC[C@]23CC[C@@H]4[C@@H](C=CC5=CC(=O)CC[C@]54C)[C@@H]2CC[C@@H]3C(C)=O)c(C=O)c1. The molecule has 40 heavy (non-hydrogen) atoms. The smallest absolute Gasteiger partial charge is 0.324 e. The largest absolute Gasteiger partial charge is 0.431 e. The van der Waals surface area contributed by atoms with Crippen LogP contribution in [-0.2, 0) is 20.8 Å². The zero-order chi connectivity index (χ0) is 28.5. The molecular formula is C33H42N2O5. The van der Waals surface area contributed by atoms with Crippen LogP contribution in [0.3, 0.4) is 0 Å². The minimum absolute atomic E-state index is 0.0112. The van der Waals surface area contributed by atoms with Crippen LogP contribution < -0.4 is 10.8 Å². The molecule has 6 atom stereocenters. The monoisotopic (exact) mass is 546 g/mol. The van der Waals surface area contributed by atoms with E-state index in [1.807, 2.05) is 18.2 Å². The molecule has 0 saturated heterocycles. The van der Waals surface area contributed by atoms with Crippen molar-refractivity contribution in [3.63, 3.8) is 0 Å². The second-order valence-corrected chi connectivity index (χ2v) is 12.6. The molecule has 1 amide bonds. The highest BCUT2D eigenvalue weighted by Crippen LogP contribution is 2.66. The number of fused-ring (bicyclic) bond motifs is 5. The lowest BCUT2D eigenvalue weighted by Crippen LogP contribution is -2.50. The molecule has 5 rings (SSSR count). The Kier molecular flexibility index (Phi) is 8.03. The summed E-state index contributed by atoms with van der Waals surface area (Å²) in [5, 5.41) is 2.54. The lowest BCUT2D eigenvalue weighted by Gasteiger charge is -2.57. The number of carbonyl (C=O) groups is 4. The van der Waals surface area contributed by atoms with Crippen molar-refractivity contribution in [2.75, 3.05) is 12.0 Å². The lowest BCUT2D eigenvalue weighted by molar-refractivity contribution is -0.128. The molecule has 0 aliphatic heterocycles. The number of allylic oxidation sites excluding steroid dienone is 4. The summed E-state index contributed by atoms with van der Waals surface area (Å²) in [7, 11) is 0. The summed E-state index contributed by atoms with van der Waals surface area (Å²) in [6, 6.07) is 5.43. The Morgan fingerprint density at radius 2 is 1.98 bits per heavy atom. The highest BCUT2D eigenvalue weighted by atomic mass is 16.7. The summed E-state index contributed by atoms with van der Waals surface area (Å²) in [5.41, 5.74) is 5.91. The van der Waals surface area contributed by atoms with Crippen molar-refractivity contribution >= 4 is 29.6 Å². The maximum Gasteiger partial charge on any atom is 0.431 e. The van der Waals surface area contributed by atoms with Crippen LogP contribution in [0.1, 0.15) is 88.1 Å². The standard InChI is InChI=1S/C33H42N2O5/c1-4-34-31(39)40-35-25-9-7-22(23(18-25)20-36)6-5-15-33-17-14-29-27(30(33)12-11-28(33)21(2)37)10-8-24-19-26(38)13-16-32(24,29)3/h7-10,18-20,27-30,35H,4-6,11-17H2,1-3H3,(H,34,39)/t27-,28-,29-,30+,32-,33-/m1/s1. The maximum atomic E-state index is 13.0. The van der Waals surface area contributed by atoms with E-state index in [-0.39, 0.29) is 22.5 Å². The lowest BCUT2D eigenvalue weighted by atomic mass is 9.47. The molecule has 2 N–H and O–H groups in total. The molecule has 0 aromatic heterocycles. The van der Waals surface area contributed by atoms with E-state index in [1.165, 1.54) is 5.57 Å². The number of anilines is 1. The van der Waals surface area contributed by atoms with Crippen LogP contribution in [-0.4, -0.2) is 30.5 Å². The van der Waals surface area contributed by atoms with Crippen molar-refractivity contribution < 1.29 is 24.0 Å². The van der Waals surface area contributed by atoms with E-state index in [4.69, 9.17) is 4.84 Å². The van der Waals surface area contributed by atoms with Gasteiger partial charge in [0.1, 0.15) is 12.1 Å². The molecule has 2 saturated carbocycles. The van der Waals surface area contributed by atoms with Gasteiger partial charge in [-0.1, -0.05) is 25.1 Å². The topological polar surface area (TPSA) is 102 Å². The number of hydrogen-bond donors (Lipinski definition) is 2. The van der Waals surface area contributed by atoms with Gasteiger partial charge in [-0.2, -0.15) is 0 Å². The van der Waals surface area contributed by atoms with Gasteiger partial charge in [-0.3, -0.25) is 14.4 Å². The quantitative estimate of drug-likeness (QED) is 0.275. The van der Waals surface area contributed by atoms with E-state index in [1.54, 1.807) is 19.9 Å². The second kappa shape index (κ2) is 11.3. The maximum absolute atomic E-state index is 13.0. The number of rotatable bonds is 9. The number of Topliss-reactive ketones (excluding diaryl/α,β-unsaturated/α-hetero) is 1. The third-order valence-corrected chi connectivity index (χ3v) is 10.7.